The van der Waals surface area contributed by atoms with Crippen molar-refractivity contribution in [2.45, 2.75) is 66.5 Å². The molecule has 0 bridgehead atoms. The van der Waals surface area contributed by atoms with E-state index < -0.39 is 0 Å². The molecule has 0 aliphatic heterocycles. The van der Waals surface area contributed by atoms with Crippen LogP contribution in [0.25, 0.3) is 0 Å². The molecule has 0 saturated carbocycles. The predicted molar refractivity (Wildman–Crippen MR) is 98.3 cm³/mol. The summed E-state index contributed by atoms with van der Waals surface area (Å²) < 4.78 is 5.17. The average Bonchev–Trinajstić information content (AvgIpc) is 2.75. The van der Waals surface area contributed by atoms with E-state index in [0.29, 0.717) is 12.6 Å². The third-order valence-electron chi connectivity index (χ3n) is 3.39. The summed E-state index contributed by atoms with van der Waals surface area (Å²) in [4.78, 5) is 4.64. The van der Waals surface area contributed by atoms with Gasteiger partial charge in [-0.1, -0.05) is 25.4 Å². The smallest absolute Gasteiger partial charge is 0.191 e. The molecule has 0 radical (unpaired) electrons. The first-order chi connectivity index (χ1) is 9.58. The molecular formula is C15H29IN4O. The molecule has 0 saturated heterocycles. The Hall–Kier alpha value is -0.790. The highest BCUT2D eigenvalue weighted by Gasteiger charge is 2.09. The molecule has 0 fully saturated rings. The van der Waals surface area contributed by atoms with Gasteiger partial charge in [-0.3, -0.25) is 0 Å². The third-order valence-corrected chi connectivity index (χ3v) is 3.39. The first-order valence-corrected chi connectivity index (χ1v) is 7.55. The first-order valence-electron chi connectivity index (χ1n) is 7.55. The predicted octanol–water partition coefficient (Wildman–Crippen LogP) is 3.54. The number of hydrogen-bond acceptors (Lipinski definition) is 3. The molecule has 21 heavy (non-hydrogen) atoms. The molecule has 2 N–H and O–H groups in total. The van der Waals surface area contributed by atoms with Crippen LogP contribution in [0.5, 0.6) is 0 Å². The van der Waals surface area contributed by atoms with E-state index in [1.54, 1.807) is 0 Å². The highest BCUT2D eigenvalue weighted by Crippen LogP contribution is 2.13. The number of aryl methyl sites for hydroxylation is 2. The zero-order chi connectivity index (χ0) is 15.0. The lowest BCUT2D eigenvalue weighted by Gasteiger charge is -2.16. The highest BCUT2D eigenvalue weighted by molar-refractivity contribution is 14.0. The van der Waals surface area contributed by atoms with Crippen LogP contribution in [0.3, 0.4) is 0 Å². The van der Waals surface area contributed by atoms with Crippen molar-refractivity contribution >= 4 is 29.9 Å². The molecule has 1 aromatic heterocycles. The van der Waals surface area contributed by atoms with E-state index >= 15 is 0 Å². The van der Waals surface area contributed by atoms with Crippen LogP contribution in [0, 0.1) is 13.8 Å². The van der Waals surface area contributed by atoms with Crippen LogP contribution in [0.4, 0.5) is 0 Å². The summed E-state index contributed by atoms with van der Waals surface area (Å²) in [5.41, 5.74) is 1.99. The number of nitrogens with zero attached hydrogens (tertiary/aromatic N) is 2. The van der Waals surface area contributed by atoms with Crippen molar-refractivity contribution in [2.75, 3.05) is 6.54 Å². The van der Waals surface area contributed by atoms with E-state index in [1.807, 2.05) is 13.8 Å². The Kier molecular flexibility index (Phi) is 10.5. The van der Waals surface area contributed by atoms with Crippen molar-refractivity contribution in [1.29, 1.82) is 0 Å². The molecule has 1 aromatic rings. The number of rotatable bonds is 7. The van der Waals surface area contributed by atoms with Crippen molar-refractivity contribution in [3.05, 3.63) is 17.0 Å². The summed E-state index contributed by atoms with van der Waals surface area (Å²) in [6.45, 7) is 11.9. The van der Waals surface area contributed by atoms with E-state index in [0.717, 1.165) is 42.4 Å². The van der Waals surface area contributed by atoms with Crippen molar-refractivity contribution in [3.63, 3.8) is 0 Å². The van der Waals surface area contributed by atoms with Crippen LogP contribution in [0.1, 0.15) is 57.1 Å². The molecule has 0 aromatic carbocycles. The van der Waals surface area contributed by atoms with Gasteiger partial charge in [0.15, 0.2) is 5.96 Å². The largest absolute Gasteiger partial charge is 0.361 e. The fourth-order valence-electron chi connectivity index (χ4n) is 1.76. The van der Waals surface area contributed by atoms with Gasteiger partial charge in [0.2, 0.25) is 0 Å². The van der Waals surface area contributed by atoms with Crippen LogP contribution in [-0.4, -0.2) is 23.7 Å². The highest BCUT2D eigenvalue weighted by atomic mass is 127. The second-order valence-corrected chi connectivity index (χ2v) is 5.20. The number of guanidine groups is 1. The van der Waals surface area contributed by atoms with E-state index in [2.05, 4.69) is 41.6 Å². The molecular weight excluding hydrogens is 379 g/mol. The fourth-order valence-corrected chi connectivity index (χ4v) is 1.76. The summed E-state index contributed by atoms with van der Waals surface area (Å²) in [7, 11) is 0. The summed E-state index contributed by atoms with van der Waals surface area (Å²) >= 11 is 0. The van der Waals surface area contributed by atoms with Gasteiger partial charge in [0.1, 0.15) is 5.76 Å². The normalized spacial score (nSPS) is 12.7. The summed E-state index contributed by atoms with van der Waals surface area (Å²) in [6.07, 6.45) is 3.39. The molecule has 0 amide bonds. The molecule has 1 unspecified atom stereocenters. The summed E-state index contributed by atoms with van der Waals surface area (Å²) in [6, 6.07) is 0.410. The van der Waals surface area contributed by atoms with Gasteiger partial charge < -0.3 is 15.2 Å². The Balaban J connectivity index is 0.00000400. The minimum Gasteiger partial charge on any atom is -0.361 e. The van der Waals surface area contributed by atoms with Crippen LogP contribution in [0.15, 0.2) is 9.52 Å². The molecule has 0 aliphatic carbocycles. The van der Waals surface area contributed by atoms with Crippen molar-refractivity contribution in [2.24, 2.45) is 4.99 Å². The molecule has 1 atom stereocenters. The van der Waals surface area contributed by atoms with Gasteiger partial charge in [-0.2, -0.15) is 0 Å². The molecule has 5 nitrogen and oxygen atoms in total. The van der Waals surface area contributed by atoms with E-state index in [1.165, 1.54) is 6.42 Å². The number of hydrogen-bond donors (Lipinski definition) is 2. The van der Waals surface area contributed by atoms with Gasteiger partial charge in [-0.25, -0.2) is 4.99 Å². The lowest BCUT2D eigenvalue weighted by atomic mass is 10.2. The maximum absolute atomic E-state index is 5.17. The molecule has 1 heterocycles. The van der Waals surface area contributed by atoms with Gasteiger partial charge >= 0.3 is 0 Å². The number of nitrogens with one attached hydrogen (secondary N) is 2. The van der Waals surface area contributed by atoms with Crippen LogP contribution in [-0.2, 0) is 6.54 Å². The van der Waals surface area contributed by atoms with Crippen LogP contribution < -0.4 is 10.6 Å². The zero-order valence-corrected chi connectivity index (χ0v) is 16.2. The zero-order valence-electron chi connectivity index (χ0n) is 13.8. The Labute approximate surface area is 145 Å². The molecule has 1 rings (SSSR count). The third kappa shape index (κ3) is 7.15. The Morgan fingerprint density at radius 1 is 1.33 bits per heavy atom. The second kappa shape index (κ2) is 10.9. The lowest BCUT2D eigenvalue weighted by Crippen LogP contribution is -2.42. The lowest BCUT2D eigenvalue weighted by molar-refractivity contribution is 0.392. The fraction of sp³-hybridized carbons (Fsp3) is 0.733. The van der Waals surface area contributed by atoms with Gasteiger partial charge in [0.05, 0.1) is 12.2 Å². The summed E-state index contributed by atoms with van der Waals surface area (Å²) in [5.74, 6) is 1.72. The number of aromatic nitrogens is 1. The van der Waals surface area contributed by atoms with Crippen LogP contribution >= 0.6 is 24.0 Å². The average molecular weight is 408 g/mol. The number of unbranched alkanes of at least 4 members (excludes halogenated alkanes) is 1. The van der Waals surface area contributed by atoms with Gasteiger partial charge in [0.25, 0.3) is 0 Å². The summed E-state index contributed by atoms with van der Waals surface area (Å²) in [5, 5.41) is 10.8. The standard InChI is InChI=1S/C15H28N4O.HI/c1-6-8-9-16-15(18-11(3)7-2)17-10-14-12(4)19-20-13(14)5;/h11H,6-10H2,1-5H3,(H2,16,17,18);1H. The molecule has 6 heteroatoms. The van der Waals surface area contributed by atoms with E-state index in [9.17, 15) is 0 Å². The van der Waals surface area contributed by atoms with Crippen LogP contribution in [0.2, 0.25) is 0 Å². The van der Waals surface area contributed by atoms with Gasteiger partial charge in [-0.05, 0) is 33.6 Å². The minimum atomic E-state index is 0. The maximum atomic E-state index is 5.17. The van der Waals surface area contributed by atoms with Crippen molar-refractivity contribution < 1.29 is 4.52 Å². The molecule has 0 spiro atoms. The SMILES string of the molecule is CCCCNC(=NCc1c(C)noc1C)NC(C)CC.I. The number of halogens is 1. The van der Waals surface area contributed by atoms with E-state index in [-0.39, 0.29) is 24.0 Å². The number of aliphatic imine (C=N–C) groups is 1. The van der Waals surface area contributed by atoms with Gasteiger partial charge in [-0.15, -0.1) is 24.0 Å². The Morgan fingerprint density at radius 3 is 2.57 bits per heavy atom. The van der Waals surface area contributed by atoms with Crippen molar-refractivity contribution in [3.8, 4) is 0 Å². The molecule has 0 aliphatic rings. The van der Waals surface area contributed by atoms with Crippen molar-refractivity contribution in [1.82, 2.24) is 15.8 Å². The minimum absolute atomic E-state index is 0. The maximum Gasteiger partial charge on any atom is 0.191 e. The van der Waals surface area contributed by atoms with Gasteiger partial charge in [0, 0.05) is 18.2 Å². The monoisotopic (exact) mass is 408 g/mol. The Morgan fingerprint density at radius 2 is 2.05 bits per heavy atom. The first kappa shape index (κ1) is 20.2. The molecule has 122 valence electrons. The topological polar surface area (TPSA) is 62.5 Å². The quantitative estimate of drug-likeness (QED) is 0.314. The Bertz CT molecular complexity index is 412. The van der Waals surface area contributed by atoms with E-state index in [4.69, 9.17) is 4.52 Å². The second-order valence-electron chi connectivity index (χ2n) is 5.20.